The Morgan fingerprint density at radius 3 is 3.00 bits per heavy atom. The van der Waals surface area contributed by atoms with Crippen molar-refractivity contribution in [3.63, 3.8) is 0 Å². The van der Waals surface area contributed by atoms with Crippen molar-refractivity contribution in [2.45, 2.75) is 25.4 Å². The monoisotopic (exact) mass is 250 g/mol. The maximum absolute atomic E-state index is 13.0. The Bertz CT molecular complexity index is 551. The summed E-state index contributed by atoms with van der Waals surface area (Å²) < 4.78 is 18.6. The number of benzene rings is 1. The zero-order chi connectivity index (χ0) is 12.5. The maximum Gasteiger partial charge on any atom is 0.209 e. The van der Waals surface area contributed by atoms with Gasteiger partial charge in [0.1, 0.15) is 11.3 Å². The standard InChI is InChI=1S/C13H15FN2O2/c14-9-1-4-11-12(7-9)18-13(15-11)8-16(5-6-17)10-2-3-10/h1,4,7,10,17H,2-3,5-6,8H2. The Labute approximate surface area is 104 Å². The molecule has 0 saturated heterocycles. The average Bonchev–Trinajstić information content (AvgIpc) is 3.10. The van der Waals surface area contributed by atoms with Crippen molar-refractivity contribution in [2.24, 2.45) is 0 Å². The predicted octanol–water partition coefficient (Wildman–Crippen LogP) is 1.92. The number of rotatable bonds is 5. The fourth-order valence-electron chi connectivity index (χ4n) is 2.15. The van der Waals surface area contributed by atoms with Crippen LogP contribution in [0.25, 0.3) is 11.1 Å². The number of nitrogens with zero attached hydrogens (tertiary/aromatic N) is 2. The van der Waals surface area contributed by atoms with Gasteiger partial charge in [-0.2, -0.15) is 0 Å². The molecule has 1 heterocycles. The van der Waals surface area contributed by atoms with E-state index in [9.17, 15) is 4.39 Å². The minimum absolute atomic E-state index is 0.130. The molecule has 1 saturated carbocycles. The van der Waals surface area contributed by atoms with E-state index in [2.05, 4.69) is 9.88 Å². The highest BCUT2D eigenvalue weighted by molar-refractivity contribution is 5.72. The number of oxazole rings is 1. The van der Waals surface area contributed by atoms with Gasteiger partial charge in [-0.25, -0.2) is 9.37 Å². The largest absolute Gasteiger partial charge is 0.439 e. The lowest BCUT2D eigenvalue weighted by Gasteiger charge is -2.18. The zero-order valence-electron chi connectivity index (χ0n) is 9.97. The van der Waals surface area contributed by atoms with Crippen molar-refractivity contribution in [2.75, 3.05) is 13.2 Å². The predicted molar refractivity (Wildman–Crippen MR) is 64.5 cm³/mol. The molecule has 18 heavy (non-hydrogen) atoms. The highest BCUT2D eigenvalue weighted by Gasteiger charge is 2.29. The van der Waals surface area contributed by atoms with Gasteiger partial charge in [-0.05, 0) is 25.0 Å². The lowest BCUT2D eigenvalue weighted by molar-refractivity contribution is 0.172. The molecule has 0 spiro atoms. The minimum Gasteiger partial charge on any atom is -0.439 e. The smallest absolute Gasteiger partial charge is 0.209 e. The first-order valence-corrected chi connectivity index (χ1v) is 6.16. The quantitative estimate of drug-likeness (QED) is 0.880. The van der Waals surface area contributed by atoms with Crippen molar-refractivity contribution in [1.82, 2.24) is 9.88 Å². The molecule has 1 aliphatic carbocycles. The van der Waals surface area contributed by atoms with E-state index in [1.54, 1.807) is 6.07 Å². The van der Waals surface area contributed by atoms with Gasteiger partial charge < -0.3 is 9.52 Å². The van der Waals surface area contributed by atoms with E-state index in [0.717, 1.165) is 12.8 Å². The fourth-order valence-corrected chi connectivity index (χ4v) is 2.15. The molecule has 2 aromatic rings. The van der Waals surface area contributed by atoms with E-state index < -0.39 is 0 Å². The second kappa shape index (κ2) is 4.66. The summed E-state index contributed by atoms with van der Waals surface area (Å²) in [5.74, 6) is 0.260. The highest BCUT2D eigenvalue weighted by atomic mass is 19.1. The number of fused-ring (bicyclic) bond motifs is 1. The maximum atomic E-state index is 13.0. The third kappa shape index (κ3) is 2.37. The molecule has 1 aromatic heterocycles. The van der Waals surface area contributed by atoms with Crippen molar-refractivity contribution in [3.8, 4) is 0 Å². The van der Waals surface area contributed by atoms with Crippen molar-refractivity contribution in [1.29, 1.82) is 0 Å². The summed E-state index contributed by atoms with van der Waals surface area (Å²) in [6.45, 7) is 1.32. The molecule has 1 fully saturated rings. The van der Waals surface area contributed by atoms with Gasteiger partial charge >= 0.3 is 0 Å². The van der Waals surface area contributed by atoms with Crippen LogP contribution in [-0.2, 0) is 6.54 Å². The summed E-state index contributed by atoms with van der Waals surface area (Å²) in [6, 6.07) is 4.87. The summed E-state index contributed by atoms with van der Waals surface area (Å²) >= 11 is 0. The number of halogens is 1. The van der Waals surface area contributed by atoms with Crippen LogP contribution in [0, 0.1) is 5.82 Å². The number of hydrogen-bond acceptors (Lipinski definition) is 4. The first-order valence-electron chi connectivity index (χ1n) is 6.16. The molecule has 5 heteroatoms. The van der Waals surface area contributed by atoms with E-state index in [1.807, 2.05) is 0 Å². The van der Waals surface area contributed by atoms with Crippen LogP contribution >= 0.6 is 0 Å². The normalized spacial score (nSPS) is 15.7. The van der Waals surface area contributed by atoms with Crippen molar-refractivity contribution >= 4 is 11.1 Å². The molecule has 1 aromatic carbocycles. The van der Waals surface area contributed by atoms with Crippen molar-refractivity contribution < 1.29 is 13.9 Å². The SMILES string of the molecule is OCCN(Cc1nc2ccc(F)cc2o1)C1CC1. The summed E-state index contributed by atoms with van der Waals surface area (Å²) in [6.07, 6.45) is 2.32. The molecule has 0 unspecified atom stereocenters. The summed E-state index contributed by atoms with van der Waals surface area (Å²) in [4.78, 5) is 6.48. The molecule has 96 valence electrons. The van der Waals surface area contributed by atoms with Gasteiger partial charge in [0, 0.05) is 18.7 Å². The highest BCUT2D eigenvalue weighted by Crippen LogP contribution is 2.28. The van der Waals surface area contributed by atoms with E-state index in [4.69, 9.17) is 9.52 Å². The Hall–Kier alpha value is -1.46. The van der Waals surface area contributed by atoms with Gasteiger partial charge in [-0.1, -0.05) is 0 Å². The second-order valence-electron chi connectivity index (χ2n) is 4.64. The molecule has 0 atom stereocenters. The third-order valence-electron chi connectivity index (χ3n) is 3.18. The number of aliphatic hydroxyl groups is 1. The molecule has 0 amide bonds. The lowest BCUT2D eigenvalue weighted by atomic mass is 10.3. The summed E-state index contributed by atoms with van der Waals surface area (Å²) in [5, 5.41) is 9.03. The Balaban J connectivity index is 1.80. The topological polar surface area (TPSA) is 49.5 Å². The molecule has 0 bridgehead atoms. The Morgan fingerprint density at radius 1 is 1.44 bits per heavy atom. The molecular formula is C13H15FN2O2. The molecule has 3 rings (SSSR count). The Kier molecular flexibility index (Phi) is 3.01. The van der Waals surface area contributed by atoms with Crippen LogP contribution in [0.4, 0.5) is 4.39 Å². The molecular weight excluding hydrogens is 235 g/mol. The van der Waals surface area contributed by atoms with Crippen LogP contribution in [0.3, 0.4) is 0 Å². The van der Waals surface area contributed by atoms with Crippen molar-refractivity contribution in [3.05, 3.63) is 29.9 Å². The van der Waals surface area contributed by atoms with Crippen LogP contribution in [0.1, 0.15) is 18.7 Å². The third-order valence-corrected chi connectivity index (χ3v) is 3.18. The van der Waals surface area contributed by atoms with Crippen LogP contribution in [0.2, 0.25) is 0 Å². The van der Waals surface area contributed by atoms with Gasteiger partial charge in [0.15, 0.2) is 5.58 Å². The van der Waals surface area contributed by atoms with Crippen LogP contribution < -0.4 is 0 Å². The Morgan fingerprint density at radius 2 is 2.28 bits per heavy atom. The van der Waals surface area contributed by atoms with Crippen LogP contribution in [0.5, 0.6) is 0 Å². The van der Waals surface area contributed by atoms with E-state index in [-0.39, 0.29) is 12.4 Å². The molecule has 1 N–H and O–H groups in total. The second-order valence-corrected chi connectivity index (χ2v) is 4.64. The van der Waals surface area contributed by atoms with E-state index in [1.165, 1.54) is 12.1 Å². The number of hydrogen-bond donors (Lipinski definition) is 1. The average molecular weight is 250 g/mol. The number of aliphatic hydroxyl groups excluding tert-OH is 1. The fraction of sp³-hybridized carbons (Fsp3) is 0.462. The van der Waals surface area contributed by atoms with Crippen LogP contribution in [-0.4, -0.2) is 34.2 Å². The van der Waals surface area contributed by atoms with Crippen LogP contribution in [0.15, 0.2) is 22.6 Å². The molecule has 0 aliphatic heterocycles. The van der Waals surface area contributed by atoms with Gasteiger partial charge in [-0.3, -0.25) is 4.90 Å². The first-order chi connectivity index (χ1) is 8.76. The zero-order valence-corrected chi connectivity index (χ0v) is 9.97. The molecule has 1 aliphatic rings. The lowest BCUT2D eigenvalue weighted by Crippen LogP contribution is -2.28. The van der Waals surface area contributed by atoms with Gasteiger partial charge in [0.25, 0.3) is 0 Å². The number of aromatic nitrogens is 1. The summed E-state index contributed by atoms with van der Waals surface area (Å²) in [5.41, 5.74) is 1.15. The minimum atomic E-state index is -0.320. The first kappa shape index (κ1) is 11.6. The molecule has 4 nitrogen and oxygen atoms in total. The van der Waals surface area contributed by atoms with Gasteiger partial charge in [0.05, 0.1) is 13.2 Å². The van der Waals surface area contributed by atoms with Gasteiger partial charge in [-0.15, -0.1) is 0 Å². The van der Waals surface area contributed by atoms with E-state index in [0.29, 0.717) is 36.1 Å². The molecule has 0 radical (unpaired) electrons. The van der Waals surface area contributed by atoms with E-state index >= 15 is 0 Å². The van der Waals surface area contributed by atoms with Gasteiger partial charge in [0.2, 0.25) is 5.89 Å². The summed E-state index contributed by atoms with van der Waals surface area (Å²) in [7, 11) is 0.